The van der Waals surface area contributed by atoms with Crippen LogP contribution in [0.1, 0.15) is 34.7 Å². The highest BCUT2D eigenvalue weighted by atomic mass is 16.5. The SMILES string of the molecule is COc1ccc(-c2noc(CN3CCCC(C(=O)Nc4ccccc4C(=O)NCc4cccnc4)C3)n2)cc1OC. The van der Waals surface area contributed by atoms with Gasteiger partial charge < -0.3 is 24.6 Å². The van der Waals surface area contributed by atoms with Crippen LogP contribution in [-0.4, -0.2) is 59.1 Å². The van der Waals surface area contributed by atoms with Crippen LogP contribution < -0.4 is 20.1 Å². The average Bonchev–Trinajstić information content (AvgIpc) is 3.48. The molecular weight excluding hydrogens is 524 g/mol. The van der Waals surface area contributed by atoms with E-state index in [1.165, 1.54) is 0 Å². The van der Waals surface area contributed by atoms with Gasteiger partial charge in [-0.3, -0.25) is 19.5 Å². The Labute approximate surface area is 237 Å². The number of anilines is 1. The quantitative estimate of drug-likeness (QED) is 0.298. The van der Waals surface area contributed by atoms with Crippen LogP contribution in [-0.2, 0) is 17.9 Å². The van der Waals surface area contributed by atoms with E-state index in [0.717, 1.165) is 30.5 Å². The smallest absolute Gasteiger partial charge is 0.253 e. The largest absolute Gasteiger partial charge is 0.493 e. The van der Waals surface area contributed by atoms with Gasteiger partial charge in [0, 0.05) is 31.0 Å². The van der Waals surface area contributed by atoms with E-state index in [0.29, 0.717) is 54.1 Å². The van der Waals surface area contributed by atoms with Crippen molar-refractivity contribution in [2.24, 2.45) is 5.92 Å². The van der Waals surface area contributed by atoms with Crippen molar-refractivity contribution in [3.05, 3.63) is 84.0 Å². The summed E-state index contributed by atoms with van der Waals surface area (Å²) in [6.45, 7) is 2.12. The first-order valence-corrected chi connectivity index (χ1v) is 13.4. The van der Waals surface area contributed by atoms with Gasteiger partial charge in [0.2, 0.25) is 17.6 Å². The van der Waals surface area contributed by atoms with Gasteiger partial charge in [0.15, 0.2) is 11.5 Å². The molecule has 2 aromatic heterocycles. The second-order valence-electron chi connectivity index (χ2n) is 9.73. The minimum Gasteiger partial charge on any atom is -0.493 e. The van der Waals surface area contributed by atoms with Crippen molar-refractivity contribution in [2.75, 3.05) is 32.6 Å². The molecule has 0 saturated carbocycles. The molecule has 4 aromatic rings. The maximum Gasteiger partial charge on any atom is 0.253 e. The molecule has 0 radical (unpaired) electrons. The molecule has 2 N–H and O–H groups in total. The monoisotopic (exact) mass is 556 g/mol. The van der Waals surface area contributed by atoms with Crippen LogP contribution >= 0.6 is 0 Å². The van der Waals surface area contributed by atoms with E-state index in [-0.39, 0.29) is 17.7 Å². The Morgan fingerprint density at radius 3 is 2.73 bits per heavy atom. The summed E-state index contributed by atoms with van der Waals surface area (Å²) in [5.41, 5.74) is 2.53. The van der Waals surface area contributed by atoms with Crippen LogP contribution in [0.2, 0.25) is 0 Å². The molecule has 1 saturated heterocycles. The molecule has 41 heavy (non-hydrogen) atoms. The Balaban J connectivity index is 1.19. The summed E-state index contributed by atoms with van der Waals surface area (Å²) in [5.74, 6) is 1.47. The molecular formula is C30H32N6O5. The first-order chi connectivity index (χ1) is 20.0. The standard InChI is InChI=1S/C30H32N6O5/c1-39-25-12-11-21(15-26(25)40-2)28-34-27(41-35-28)19-36-14-6-8-22(18-36)29(37)33-24-10-4-3-9-23(24)30(38)32-17-20-7-5-13-31-16-20/h3-5,7,9-13,15-16,22H,6,8,14,17-19H2,1-2H3,(H,32,38)(H,33,37). The number of aromatic nitrogens is 3. The van der Waals surface area contributed by atoms with Gasteiger partial charge in [-0.1, -0.05) is 23.4 Å². The molecule has 0 bridgehead atoms. The fourth-order valence-electron chi connectivity index (χ4n) is 4.82. The highest BCUT2D eigenvalue weighted by Crippen LogP contribution is 2.31. The molecule has 1 aliphatic rings. The summed E-state index contributed by atoms with van der Waals surface area (Å²) in [6.07, 6.45) is 4.98. The Bertz CT molecular complexity index is 1490. The number of likely N-dealkylation sites (tertiary alicyclic amines) is 1. The van der Waals surface area contributed by atoms with Crippen LogP contribution in [0.5, 0.6) is 11.5 Å². The van der Waals surface area contributed by atoms with Gasteiger partial charge in [-0.05, 0) is 61.3 Å². The lowest BCUT2D eigenvalue weighted by Gasteiger charge is -2.31. The number of piperidine rings is 1. The van der Waals surface area contributed by atoms with Crippen molar-refractivity contribution >= 4 is 17.5 Å². The zero-order valence-electron chi connectivity index (χ0n) is 23.0. The van der Waals surface area contributed by atoms with Gasteiger partial charge in [-0.15, -0.1) is 0 Å². The van der Waals surface area contributed by atoms with E-state index in [1.807, 2.05) is 18.2 Å². The van der Waals surface area contributed by atoms with E-state index < -0.39 is 0 Å². The number of nitrogens with zero attached hydrogens (tertiary/aromatic N) is 4. The molecule has 11 nitrogen and oxygen atoms in total. The van der Waals surface area contributed by atoms with E-state index in [2.05, 4.69) is 30.7 Å². The van der Waals surface area contributed by atoms with E-state index in [1.54, 1.807) is 63.0 Å². The van der Waals surface area contributed by atoms with Gasteiger partial charge in [0.1, 0.15) is 0 Å². The first kappa shape index (κ1) is 27.8. The summed E-state index contributed by atoms with van der Waals surface area (Å²) < 4.78 is 16.2. The predicted octanol–water partition coefficient (Wildman–Crippen LogP) is 3.93. The average molecular weight is 557 g/mol. The zero-order chi connectivity index (χ0) is 28.6. The van der Waals surface area contributed by atoms with Crippen LogP contribution in [0.4, 0.5) is 5.69 Å². The van der Waals surface area contributed by atoms with Crippen molar-refractivity contribution in [3.8, 4) is 22.9 Å². The van der Waals surface area contributed by atoms with Gasteiger partial charge in [0.05, 0.1) is 37.9 Å². The first-order valence-electron chi connectivity index (χ1n) is 13.4. The number of rotatable bonds is 10. The lowest BCUT2D eigenvalue weighted by molar-refractivity contribution is -0.121. The zero-order valence-corrected chi connectivity index (χ0v) is 23.0. The molecule has 2 aromatic carbocycles. The summed E-state index contributed by atoms with van der Waals surface area (Å²) in [5, 5.41) is 9.99. The number of amides is 2. The Hall–Kier alpha value is -4.77. The minimum atomic E-state index is -0.267. The molecule has 1 atom stereocenters. The number of methoxy groups -OCH3 is 2. The molecule has 0 aliphatic carbocycles. The number of para-hydroxylation sites is 1. The van der Waals surface area contributed by atoms with Crippen molar-refractivity contribution in [1.82, 2.24) is 25.3 Å². The summed E-state index contributed by atoms with van der Waals surface area (Å²) >= 11 is 0. The van der Waals surface area contributed by atoms with Crippen molar-refractivity contribution in [3.63, 3.8) is 0 Å². The highest BCUT2D eigenvalue weighted by Gasteiger charge is 2.28. The maximum atomic E-state index is 13.3. The second kappa shape index (κ2) is 13.1. The number of hydrogen-bond donors (Lipinski definition) is 2. The van der Waals surface area contributed by atoms with E-state index in [4.69, 9.17) is 14.0 Å². The minimum absolute atomic E-state index is 0.126. The van der Waals surface area contributed by atoms with Crippen molar-refractivity contribution in [1.29, 1.82) is 0 Å². The van der Waals surface area contributed by atoms with Crippen LogP contribution in [0.3, 0.4) is 0 Å². The molecule has 1 aliphatic heterocycles. The summed E-state index contributed by atoms with van der Waals surface area (Å²) in [4.78, 5) is 36.9. The number of carbonyl (C=O) groups is 2. The fraction of sp³-hybridized carbons (Fsp3) is 0.300. The number of benzene rings is 2. The topological polar surface area (TPSA) is 132 Å². The van der Waals surface area contributed by atoms with E-state index >= 15 is 0 Å². The van der Waals surface area contributed by atoms with E-state index in [9.17, 15) is 9.59 Å². The molecule has 212 valence electrons. The molecule has 2 amide bonds. The lowest BCUT2D eigenvalue weighted by atomic mass is 9.96. The van der Waals surface area contributed by atoms with Gasteiger partial charge in [-0.25, -0.2) is 0 Å². The summed E-state index contributed by atoms with van der Waals surface area (Å²) in [7, 11) is 3.15. The second-order valence-corrected chi connectivity index (χ2v) is 9.73. The molecule has 1 fully saturated rings. The fourth-order valence-corrected chi connectivity index (χ4v) is 4.82. The number of carbonyl (C=O) groups excluding carboxylic acids is 2. The van der Waals surface area contributed by atoms with Gasteiger partial charge >= 0.3 is 0 Å². The molecule has 3 heterocycles. The molecule has 11 heteroatoms. The Kier molecular flexibility index (Phi) is 8.85. The highest BCUT2D eigenvalue weighted by molar-refractivity contribution is 6.04. The molecule has 5 rings (SSSR count). The van der Waals surface area contributed by atoms with Crippen LogP contribution in [0, 0.1) is 5.92 Å². The Morgan fingerprint density at radius 1 is 1.07 bits per heavy atom. The summed E-state index contributed by atoms with van der Waals surface area (Å²) in [6, 6.07) is 16.2. The van der Waals surface area contributed by atoms with Gasteiger partial charge in [-0.2, -0.15) is 4.98 Å². The molecule has 0 spiro atoms. The normalized spacial score (nSPS) is 15.2. The number of hydrogen-bond acceptors (Lipinski definition) is 9. The van der Waals surface area contributed by atoms with Crippen LogP contribution in [0.25, 0.3) is 11.4 Å². The predicted molar refractivity (Wildman–Crippen MR) is 151 cm³/mol. The third-order valence-electron chi connectivity index (χ3n) is 6.95. The number of ether oxygens (including phenoxy) is 2. The third-order valence-corrected chi connectivity index (χ3v) is 6.95. The van der Waals surface area contributed by atoms with Gasteiger partial charge in [0.25, 0.3) is 5.91 Å². The van der Waals surface area contributed by atoms with Crippen molar-refractivity contribution in [2.45, 2.75) is 25.9 Å². The van der Waals surface area contributed by atoms with Crippen LogP contribution in [0.15, 0.2) is 71.5 Å². The number of pyridine rings is 1. The maximum absolute atomic E-state index is 13.3. The van der Waals surface area contributed by atoms with Crippen molar-refractivity contribution < 1.29 is 23.6 Å². The number of nitrogens with one attached hydrogen (secondary N) is 2. The third kappa shape index (κ3) is 6.87. The molecule has 1 unspecified atom stereocenters. The lowest BCUT2D eigenvalue weighted by Crippen LogP contribution is -2.40. The Morgan fingerprint density at radius 2 is 1.93 bits per heavy atom.